The van der Waals surface area contributed by atoms with E-state index in [9.17, 15) is 13.7 Å². The summed E-state index contributed by atoms with van der Waals surface area (Å²) in [7, 11) is -1.75. The van der Waals surface area contributed by atoms with Crippen LogP contribution in [0.1, 0.15) is 43.2 Å². The van der Waals surface area contributed by atoms with E-state index in [4.69, 9.17) is 0 Å². The van der Waals surface area contributed by atoms with Crippen LogP contribution in [0.2, 0.25) is 0 Å². The average Bonchev–Trinajstić information content (AvgIpc) is 2.43. The number of likely N-dealkylation sites (N-methyl/N-ethyl adjacent to an activating group) is 1. The highest BCUT2D eigenvalue weighted by Crippen LogP contribution is 2.43. The molecule has 22 heavy (non-hydrogen) atoms. The van der Waals surface area contributed by atoms with Gasteiger partial charge in [0.05, 0.1) is 17.2 Å². The fourth-order valence-electron chi connectivity index (χ4n) is 3.58. The Balaban J connectivity index is 1.74. The summed E-state index contributed by atoms with van der Waals surface area (Å²) < 4.78 is 26.8. The molecule has 0 spiro atoms. The minimum absolute atomic E-state index is 0.0360. The van der Waals surface area contributed by atoms with Gasteiger partial charge in [0.15, 0.2) is 0 Å². The third kappa shape index (κ3) is 2.45. The molecule has 0 saturated heterocycles. The van der Waals surface area contributed by atoms with Crippen molar-refractivity contribution in [3.05, 3.63) is 35.4 Å². The Morgan fingerprint density at radius 2 is 2.09 bits per heavy atom. The highest BCUT2D eigenvalue weighted by Gasteiger charge is 2.44. The molecule has 0 bridgehead atoms. The number of hydrogen-bond donors (Lipinski definition) is 0. The first-order chi connectivity index (χ1) is 10.4. The first-order valence-corrected chi connectivity index (χ1v) is 9.44. The zero-order valence-corrected chi connectivity index (χ0v) is 13.9. The second kappa shape index (κ2) is 5.36. The molecule has 0 amide bonds. The van der Waals surface area contributed by atoms with E-state index >= 15 is 0 Å². The van der Waals surface area contributed by atoms with Crippen molar-refractivity contribution < 1.29 is 8.42 Å². The Hall–Kier alpha value is -1.38. The molecule has 1 aromatic rings. The maximum Gasteiger partial charge on any atom is 0.215 e. The molecule has 1 aromatic carbocycles. The van der Waals surface area contributed by atoms with Crippen LogP contribution in [-0.4, -0.2) is 31.6 Å². The molecule has 0 N–H and O–H groups in total. The van der Waals surface area contributed by atoms with Gasteiger partial charge in [-0.2, -0.15) is 5.26 Å². The van der Waals surface area contributed by atoms with Crippen LogP contribution in [0.5, 0.6) is 0 Å². The van der Waals surface area contributed by atoms with E-state index in [-0.39, 0.29) is 17.7 Å². The van der Waals surface area contributed by atoms with Gasteiger partial charge in [0.1, 0.15) is 0 Å². The van der Waals surface area contributed by atoms with E-state index in [0.717, 1.165) is 12.8 Å². The molecule has 0 heterocycles. The monoisotopic (exact) mass is 318 g/mol. The van der Waals surface area contributed by atoms with E-state index in [1.54, 1.807) is 7.05 Å². The number of sulfonamides is 1. The summed E-state index contributed by atoms with van der Waals surface area (Å²) in [5.74, 6) is 0.224. The molecule has 118 valence electrons. The van der Waals surface area contributed by atoms with Crippen molar-refractivity contribution in [2.75, 3.05) is 12.8 Å². The molecule has 1 saturated carbocycles. The summed E-state index contributed by atoms with van der Waals surface area (Å²) in [6.07, 6.45) is 3.30. The first-order valence-electron chi connectivity index (χ1n) is 7.83. The second-order valence-electron chi connectivity index (χ2n) is 6.77. The molecule has 0 radical (unpaired) electrons. The molecule has 5 heteroatoms. The predicted octanol–water partition coefficient (Wildman–Crippen LogP) is 2.67. The normalized spacial score (nSPS) is 23.8. The van der Waals surface area contributed by atoms with Crippen molar-refractivity contribution in [1.82, 2.24) is 4.31 Å². The van der Waals surface area contributed by atoms with Gasteiger partial charge in [-0.25, -0.2) is 12.7 Å². The molecule has 1 fully saturated rings. The summed E-state index contributed by atoms with van der Waals surface area (Å²) in [6.45, 7) is 1.97. The Bertz CT molecular complexity index is 716. The van der Waals surface area contributed by atoms with E-state index in [1.807, 2.05) is 19.1 Å². The van der Waals surface area contributed by atoms with E-state index in [1.165, 1.54) is 15.4 Å². The number of benzene rings is 1. The molecule has 2 aliphatic rings. The maximum atomic E-state index is 12.7. The van der Waals surface area contributed by atoms with Crippen molar-refractivity contribution >= 4 is 10.0 Å². The van der Waals surface area contributed by atoms with Crippen molar-refractivity contribution in [2.45, 2.75) is 44.6 Å². The van der Waals surface area contributed by atoms with Gasteiger partial charge in [-0.3, -0.25) is 0 Å². The number of hydrogen-bond acceptors (Lipinski definition) is 3. The largest absolute Gasteiger partial charge is 0.215 e. The fraction of sp³-hybridized carbons (Fsp3) is 0.588. The van der Waals surface area contributed by atoms with Gasteiger partial charge in [0.2, 0.25) is 10.0 Å². The Kier molecular flexibility index (Phi) is 3.78. The summed E-state index contributed by atoms with van der Waals surface area (Å²) in [5.41, 5.74) is 1.93. The molecule has 2 unspecified atom stereocenters. The van der Waals surface area contributed by atoms with E-state index < -0.39 is 15.4 Å². The van der Waals surface area contributed by atoms with Crippen LogP contribution in [0, 0.1) is 16.7 Å². The SMILES string of the molecule is CC(C1Cc2ccccc21)N(C)S(=O)(=O)CC1(C#N)CCC1. The van der Waals surface area contributed by atoms with Crippen LogP contribution in [0.4, 0.5) is 0 Å². The summed E-state index contributed by atoms with van der Waals surface area (Å²) >= 11 is 0. The van der Waals surface area contributed by atoms with Gasteiger partial charge >= 0.3 is 0 Å². The lowest BCUT2D eigenvalue weighted by Gasteiger charge is -2.41. The molecule has 0 aromatic heterocycles. The highest BCUT2D eigenvalue weighted by molar-refractivity contribution is 7.89. The van der Waals surface area contributed by atoms with Gasteiger partial charge in [-0.1, -0.05) is 30.7 Å². The molecule has 3 rings (SSSR count). The quantitative estimate of drug-likeness (QED) is 0.838. The van der Waals surface area contributed by atoms with Crippen LogP contribution >= 0.6 is 0 Å². The Labute approximate surface area is 132 Å². The predicted molar refractivity (Wildman–Crippen MR) is 85.8 cm³/mol. The first kappa shape index (κ1) is 15.5. The van der Waals surface area contributed by atoms with Gasteiger partial charge in [0.25, 0.3) is 0 Å². The second-order valence-corrected chi connectivity index (χ2v) is 8.80. The summed E-state index contributed by atoms with van der Waals surface area (Å²) in [5, 5.41) is 9.28. The third-order valence-corrected chi connectivity index (χ3v) is 7.62. The average molecular weight is 318 g/mol. The molecular formula is C17H22N2O2S. The minimum atomic E-state index is -3.40. The summed E-state index contributed by atoms with van der Waals surface area (Å²) in [6, 6.07) is 10.4. The van der Waals surface area contributed by atoms with Gasteiger partial charge in [-0.05, 0) is 37.3 Å². The Morgan fingerprint density at radius 3 is 2.64 bits per heavy atom. The van der Waals surface area contributed by atoms with E-state index in [2.05, 4.69) is 18.2 Å². The highest BCUT2D eigenvalue weighted by atomic mass is 32.2. The van der Waals surface area contributed by atoms with E-state index in [0.29, 0.717) is 12.8 Å². The van der Waals surface area contributed by atoms with Crippen LogP contribution in [0.15, 0.2) is 24.3 Å². The van der Waals surface area contributed by atoms with Gasteiger partial charge in [-0.15, -0.1) is 0 Å². The Morgan fingerprint density at radius 1 is 1.41 bits per heavy atom. The van der Waals surface area contributed by atoms with Gasteiger partial charge in [0, 0.05) is 19.0 Å². The molecule has 4 nitrogen and oxygen atoms in total. The topological polar surface area (TPSA) is 61.2 Å². The number of nitrogens with zero attached hydrogens (tertiary/aromatic N) is 2. The number of rotatable bonds is 5. The molecular weight excluding hydrogens is 296 g/mol. The van der Waals surface area contributed by atoms with Crippen LogP contribution in [-0.2, 0) is 16.4 Å². The van der Waals surface area contributed by atoms with Crippen molar-refractivity contribution in [2.24, 2.45) is 5.41 Å². The van der Waals surface area contributed by atoms with Crippen molar-refractivity contribution in [3.63, 3.8) is 0 Å². The smallest absolute Gasteiger partial charge is 0.212 e. The lowest BCUT2D eigenvalue weighted by molar-refractivity contribution is 0.239. The molecule has 0 aliphatic heterocycles. The number of nitriles is 1. The lowest BCUT2D eigenvalue weighted by atomic mass is 9.72. The van der Waals surface area contributed by atoms with Crippen LogP contribution in [0.25, 0.3) is 0 Å². The standard InChI is InChI=1S/C17H22N2O2S/c1-13(16-10-14-6-3-4-7-15(14)16)19(2)22(20,21)12-17(11-18)8-5-9-17/h3-4,6-7,13,16H,5,8-10,12H2,1-2H3. The molecule has 2 aliphatic carbocycles. The number of fused-ring (bicyclic) bond motifs is 1. The minimum Gasteiger partial charge on any atom is -0.212 e. The van der Waals surface area contributed by atoms with Crippen LogP contribution < -0.4 is 0 Å². The third-order valence-electron chi connectivity index (χ3n) is 5.50. The van der Waals surface area contributed by atoms with Crippen molar-refractivity contribution in [3.8, 4) is 6.07 Å². The zero-order valence-electron chi connectivity index (χ0n) is 13.1. The lowest BCUT2D eigenvalue weighted by Crippen LogP contribution is -2.47. The zero-order chi connectivity index (χ0) is 16.0. The fourth-order valence-corrected chi connectivity index (χ4v) is 5.49. The maximum absolute atomic E-state index is 12.7. The molecule has 2 atom stereocenters. The van der Waals surface area contributed by atoms with Gasteiger partial charge < -0.3 is 0 Å². The summed E-state index contributed by atoms with van der Waals surface area (Å²) in [4.78, 5) is 0. The van der Waals surface area contributed by atoms with Crippen molar-refractivity contribution in [1.29, 1.82) is 5.26 Å². The van der Waals surface area contributed by atoms with Crippen LogP contribution in [0.3, 0.4) is 0 Å².